The molecule has 3 rings (SSSR count). The molecule has 0 aromatic carbocycles. The molecular weight excluding hydrogens is 378 g/mol. The quantitative estimate of drug-likeness (QED) is 0.453. The third-order valence-electron chi connectivity index (χ3n) is 5.46. The van der Waals surface area contributed by atoms with Crippen molar-refractivity contribution in [3.8, 4) is 0 Å². The number of aliphatic hydroxyl groups excluding tert-OH is 2. The van der Waals surface area contributed by atoms with Crippen molar-refractivity contribution in [1.82, 2.24) is 24.8 Å². The van der Waals surface area contributed by atoms with Crippen molar-refractivity contribution in [2.24, 2.45) is 11.7 Å². The molecule has 0 spiro atoms. The van der Waals surface area contributed by atoms with Gasteiger partial charge in [-0.05, 0) is 5.92 Å². The van der Waals surface area contributed by atoms with Gasteiger partial charge in [0.1, 0.15) is 18.5 Å². The van der Waals surface area contributed by atoms with Crippen LogP contribution in [0.5, 0.6) is 0 Å². The summed E-state index contributed by atoms with van der Waals surface area (Å²) < 4.78 is 7.43. The van der Waals surface area contributed by atoms with Crippen LogP contribution in [0.4, 0.5) is 5.82 Å². The summed E-state index contributed by atoms with van der Waals surface area (Å²) in [4.78, 5) is 27.1. The lowest BCUT2D eigenvalue weighted by Crippen LogP contribution is -2.54. The van der Waals surface area contributed by atoms with Crippen molar-refractivity contribution >= 4 is 22.9 Å². The number of hydrogen-bond donors (Lipinski definition) is 4. The minimum atomic E-state index is -1.13. The normalized spacial score (nSPS) is 26.4. The minimum Gasteiger partial charge on any atom is -0.394 e. The van der Waals surface area contributed by atoms with E-state index in [9.17, 15) is 15.0 Å². The molecule has 160 valence electrons. The molecule has 1 aliphatic heterocycles. The lowest BCUT2D eigenvalue weighted by Gasteiger charge is -2.24. The second-order valence-corrected chi connectivity index (χ2v) is 7.60. The zero-order chi connectivity index (χ0) is 21.3. The number of nitrogens with two attached hydrogens (primary N) is 1. The number of nitrogens with zero attached hydrogens (tertiary/aromatic N) is 5. The van der Waals surface area contributed by atoms with Crippen LogP contribution in [-0.4, -0.2) is 80.6 Å². The molecule has 0 radical (unpaired) electrons. The second kappa shape index (κ2) is 8.57. The fourth-order valence-electron chi connectivity index (χ4n) is 3.43. The Kier molecular flexibility index (Phi) is 6.32. The predicted octanol–water partition coefficient (Wildman–Crippen LogP) is -0.999. The van der Waals surface area contributed by atoms with Crippen LogP contribution >= 0.6 is 0 Å². The first-order valence-corrected chi connectivity index (χ1v) is 9.65. The number of aromatic nitrogens is 4. The summed E-state index contributed by atoms with van der Waals surface area (Å²) in [6.45, 7) is 3.46. The predicted molar refractivity (Wildman–Crippen MR) is 106 cm³/mol. The van der Waals surface area contributed by atoms with Crippen LogP contribution in [0, 0.1) is 5.92 Å². The fraction of sp³-hybridized carbons (Fsp3) is 0.667. The molecule has 2 aromatic rings. The van der Waals surface area contributed by atoms with Gasteiger partial charge in [0.25, 0.3) is 0 Å². The first-order chi connectivity index (χ1) is 13.8. The number of ether oxygens (including phenoxy) is 1. The van der Waals surface area contributed by atoms with Crippen LogP contribution in [0.2, 0.25) is 0 Å². The van der Waals surface area contributed by atoms with Crippen molar-refractivity contribution in [2.45, 2.75) is 50.8 Å². The maximum atomic E-state index is 12.5. The summed E-state index contributed by atoms with van der Waals surface area (Å²) in [6.07, 6.45) is 0.854. The van der Waals surface area contributed by atoms with Gasteiger partial charge in [-0.25, -0.2) is 15.0 Å². The second-order valence-electron chi connectivity index (χ2n) is 7.60. The Morgan fingerprint density at radius 2 is 2.14 bits per heavy atom. The number of fused-ring (bicyclic) bond motifs is 1. The Bertz CT molecular complexity index is 858. The minimum absolute atomic E-state index is 0.0171. The van der Waals surface area contributed by atoms with Gasteiger partial charge in [-0.1, -0.05) is 20.3 Å². The zero-order valence-corrected chi connectivity index (χ0v) is 17.1. The lowest BCUT2D eigenvalue weighted by atomic mass is 9.98. The smallest absolute Gasteiger partial charge is 0.237 e. The zero-order valence-electron chi connectivity index (χ0n) is 17.1. The molecule has 29 heavy (non-hydrogen) atoms. The summed E-state index contributed by atoms with van der Waals surface area (Å²) in [5.74, 6) is 0.222. The average molecular weight is 407 g/mol. The van der Waals surface area contributed by atoms with E-state index in [1.54, 1.807) is 4.57 Å². The number of aliphatic hydroxyl groups is 2. The third-order valence-corrected chi connectivity index (χ3v) is 5.46. The number of nitrogens with one attached hydrogen (secondary N) is 1. The Morgan fingerprint density at radius 1 is 1.41 bits per heavy atom. The highest BCUT2D eigenvalue weighted by Crippen LogP contribution is 2.32. The molecule has 2 aromatic heterocycles. The van der Waals surface area contributed by atoms with Gasteiger partial charge in [0, 0.05) is 14.1 Å². The number of hydrogen-bond acceptors (Lipinski definition) is 9. The van der Waals surface area contributed by atoms with E-state index in [0.717, 1.165) is 6.42 Å². The molecule has 0 aliphatic carbocycles. The summed E-state index contributed by atoms with van der Waals surface area (Å²) in [6, 6.07) is -1.53. The van der Waals surface area contributed by atoms with E-state index in [-0.39, 0.29) is 18.4 Å². The van der Waals surface area contributed by atoms with Crippen molar-refractivity contribution in [3.63, 3.8) is 0 Å². The van der Waals surface area contributed by atoms with E-state index in [1.807, 2.05) is 32.8 Å². The summed E-state index contributed by atoms with van der Waals surface area (Å²) >= 11 is 0. The Hall–Kier alpha value is -2.34. The highest BCUT2D eigenvalue weighted by Gasteiger charge is 2.46. The highest BCUT2D eigenvalue weighted by atomic mass is 16.5. The molecule has 5 N–H and O–H groups in total. The number of rotatable bonds is 7. The van der Waals surface area contributed by atoms with Crippen LogP contribution in [0.15, 0.2) is 12.7 Å². The molecule has 11 heteroatoms. The Labute approximate surface area is 168 Å². The maximum absolute atomic E-state index is 12.5. The van der Waals surface area contributed by atoms with E-state index < -0.39 is 30.5 Å². The van der Waals surface area contributed by atoms with Crippen molar-refractivity contribution in [2.75, 3.05) is 25.6 Å². The van der Waals surface area contributed by atoms with E-state index >= 15 is 0 Å². The average Bonchev–Trinajstić information content (AvgIpc) is 3.27. The van der Waals surface area contributed by atoms with Crippen LogP contribution in [0.3, 0.4) is 0 Å². The molecule has 11 nitrogen and oxygen atoms in total. The van der Waals surface area contributed by atoms with Gasteiger partial charge in [-0.3, -0.25) is 9.36 Å². The fourth-order valence-corrected chi connectivity index (χ4v) is 3.43. The Balaban J connectivity index is 1.87. The molecule has 1 fully saturated rings. The molecular formula is C18H29N7O4. The molecule has 6 atom stereocenters. The van der Waals surface area contributed by atoms with E-state index in [1.165, 1.54) is 12.7 Å². The van der Waals surface area contributed by atoms with Gasteiger partial charge in [0.05, 0.1) is 25.0 Å². The van der Waals surface area contributed by atoms with Gasteiger partial charge < -0.3 is 30.9 Å². The Morgan fingerprint density at radius 3 is 2.76 bits per heavy atom. The summed E-state index contributed by atoms with van der Waals surface area (Å²) in [5.41, 5.74) is 7.03. The van der Waals surface area contributed by atoms with E-state index in [0.29, 0.717) is 17.0 Å². The summed E-state index contributed by atoms with van der Waals surface area (Å²) in [7, 11) is 3.69. The van der Waals surface area contributed by atoms with Gasteiger partial charge in [-0.15, -0.1) is 0 Å². The standard InChI is InChI=1S/C18H29N7O4/c1-5-9(2)11(19)17(28)23-12-10(6-26)29-18(14(12)27)25-8-22-13-15(24(3)4)20-7-21-16(13)25/h7-12,14,18,26-27H,5-6,19H2,1-4H3,(H,23,28)/t9-,10+,11-,12+,14+,18+/m0/s1. The SMILES string of the molecule is CC[C@H](C)[C@H](N)C(=O)N[C@H]1[C@@H](O)[C@H](n2cnc3c(N(C)C)ncnc32)O[C@@H]1CO. The van der Waals surface area contributed by atoms with Gasteiger partial charge in [-0.2, -0.15) is 0 Å². The molecule has 1 aliphatic rings. The maximum Gasteiger partial charge on any atom is 0.237 e. The van der Waals surface area contributed by atoms with Gasteiger partial charge in [0.2, 0.25) is 5.91 Å². The number of imidazole rings is 1. The number of anilines is 1. The largest absolute Gasteiger partial charge is 0.394 e. The van der Waals surface area contributed by atoms with Crippen LogP contribution in [-0.2, 0) is 9.53 Å². The molecule has 0 saturated carbocycles. The van der Waals surface area contributed by atoms with E-state index in [4.69, 9.17) is 10.5 Å². The van der Waals surface area contributed by atoms with Gasteiger partial charge >= 0.3 is 0 Å². The lowest BCUT2D eigenvalue weighted by molar-refractivity contribution is -0.125. The van der Waals surface area contributed by atoms with Crippen LogP contribution in [0.25, 0.3) is 11.2 Å². The topological polar surface area (TPSA) is 152 Å². The van der Waals surface area contributed by atoms with Gasteiger partial charge in [0.15, 0.2) is 23.2 Å². The third kappa shape index (κ3) is 3.90. The highest BCUT2D eigenvalue weighted by molar-refractivity contribution is 5.83. The molecule has 0 bridgehead atoms. The number of carbonyl (C=O) groups excluding carboxylic acids is 1. The van der Waals surface area contributed by atoms with Crippen LogP contribution < -0.4 is 16.0 Å². The monoisotopic (exact) mass is 407 g/mol. The number of carbonyl (C=O) groups is 1. The molecule has 0 unspecified atom stereocenters. The van der Waals surface area contributed by atoms with E-state index in [2.05, 4.69) is 20.3 Å². The molecule has 1 saturated heterocycles. The van der Waals surface area contributed by atoms with Crippen molar-refractivity contribution in [1.29, 1.82) is 0 Å². The molecule has 1 amide bonds. The van der Waals surface area contributed by atoms with Crippen LogP contribution in [0.1, 0.15) is 26.5 Å². The molecule has 3 heterocycles. The summed E-state index contributed by atoms with van der Waals surface area (Å²) in [5, 5.41) is 23.4. The van der Waals surface area contributed by atoms with Crippen molar-refractivity contribution in [3.05, 3.63) is 12.7 Å². The number of amides is 1. The first-order valence-electron chi connectivity index (χ1n) is 9.65. The van der Waals surface area contributed by atoms with Crippen molar-refractivity contribution < 1.29 is 19.7 Å². The first kappa shape index (κ1) is 21.4.